The number of Topliss-reactive ketones (excluding diaryl/α,β-unsaturated/α-hetero) is 1. The molecule has 0 amide bonds. The molecule has 2 fully saturated rings. The predicted molar refractivity (Wildman–Crippen MR) is 64.8 cm³/mol. The number of nitriles is 1. The van der Waals surface area contributed by atoms with Gasteiger partial charge in [0.05, 0.1) is 12.5 Å². The number of fused-ring (bicyclic) bond motifs is 2. The molecule has 2 aliphatic carbocycles. The molecule has 2 nitrogen and oxygen atoms in total. The van der Waals surface area contributed by atoms with Crippen molar-refractivity contribution in [1.82, 2.24) is 0 Å². The van der Waals surface area contributed by atoms with Crippen molar-refractivity contribution in [3.63, 3.8) is 0 Å². The third-order valence-electron chi connectivity index (χ3n) is 4.21. The van der Waals surface area contributed by atoms with Crippen LogP contribution in [0.3, 0.4) is 0 Å². The summed E-state index contributed by atoms with van der Waals surface area (Å²) in [7, 11) is 0. The molecule has 0 N–H and O–H groups in total. The fraction of sp³-hybridized carbons (Fsp3) is 0.857. The average Bonchev–Trinajstić information content (AvgIpc) is 2.17. The smallest absolute Gasteiger partial charge is 0.147 e. The fourth-order valence-electron chi connectivity index (χ4n) is 3.64. The second-order valence-electron chi connectivity index (χ2n) is 5.40. The fourth-order valence-corrected chi connectivity index (χ4v) is 3.64. The van der Waals surface area contributed by atoms with E-state index in [0.29, 0.717) is 11.8 Å². The zero-order valence-corrected chi connectivity index (χ0v) is 9.30. The third-order valence-corrected chi connectivity index (χ3v) is 4.21. The standard InChI is InChI=1S/C13H19NO.CH4/c14-8-5-12(15)10-13-6-1-3-11(9-13)4-2-7-13;/h11H,1-7,9-10H2;1H4. The highest BCUT2D eigenvalue weighted by Gasteiger charge is 2.40. The molecule has 0 atom stereocenters. The van der Waals surface area contributed by atoms with Crippen molar-refractivity contribution in [1.29, 1.82) is 5.26 Å². The molecular weight excluding hydrogens is 198 g/mol. The van der Waals surface area contributed by atoms with Crippen molar-refractivity contribution in [3.05, 3.63) is 0 Å². The molecule has 0 aromatic carbocycles. The molecule has 0 radical (unpaired) electrons. The number of carbonyl (C=O) groups excluding carboxylic acids is 1. The van der Waals surface area contributed by atoms with Crippen molar-refractivity contribution in [2.24, 2.45) is 11.3 Å². The first-order valence-corrected chi connectivity index (χ1v) is 6.13. The van der Waals surface area contributed by atoms with E-state index in [1.165, 1.54) is 44.9 Å². The molecule has 16 heavy (non-hydrogen) atoms. The van der Waals surface area contributed by atoms with E-state index in [1.807, 2.05) is 6.07 Å². The highest BCUT2D eigenvalue weighted by Crippen LogP contribution is 2.51. The lowest BCUT2D eigenvalue weighted by molar-refractivity contribution is -0.122. The van der Waals surface area contributed by atoms with Crippen LogP contribution in [0.1, 0.15) is 65.2 Å². The van der Waals surface area contributed by atoms with Crippen LogP contribution in [0.25, 0.3) is 0 Å². The Balaban J connectivity index is 0.00000128. The van der Waals surface area contributed by atoms with Crippen LogP contribution in [0, 0.1) is 22.7 Å². The summed E-state index contributed by atoms with van der Waals surface area (Å²) in [4.78, 5) is 11.6. The molecule has 0 spiro atoms. The van der Waals surface area contributed by atoms with Gasteiger partial charge in [0.15, 0.2) is 0 Å². The Morgan fingerprint density at radius 2 is 1.94 bits per heavy atom. The third kappa shape index (κ3) is 2.84. The normalized spacial score (nSPS) is 32.3. The minimum atomic E-state index is 0. The molecule has 90 valence electrons. The Morgan fingerprint density at radius 3 is 2.50 bits per heavy atom. The Morgan fingerprint density at radius 1 is 1.31 bits per heavy atom. The van der Waals surface area contributed by atoms with Crippen molar-refractivity contribution < 1.29 is 4.79 Å². The number of hydrogen-bond acceptors (Lipinski definition) is 2. The molecule has 2 aliphatic rings. The topological polar surface area (TPSA) is 40.9 Å². The van der Waals surface area contributed by atoms with Crippen LogP contribution in [0.2, 0.25) is 0 Å². The second kappa shape index (κ2) is 5.48. The SMILES string of the molecule is C.N#CCC(=O)CC12CCCC(CCC1)C2. The van der Waals surface area contributed by atoms with E-state index in [0.717, 1.165) is 5.92 Å². The molecule has 0 aromatic rings. The van der Waals surface area contributed by atoms with E-state index in [9.17, 15) is 4.79 Å². The molecule has 0 aliphatic heterocycles. The lowest BCUT2D eigenvalue weighted by atomic mass is 9.60. The summed E-state index contributed by atoms with van der Waals surface area (Å²) in [5.41, 5.74) is 0.301. The molecule has 2 heteroatoms. The van der Waals surface area contributed by atoms with Crippen LogP contribution >= 0.6 is 0 Å². The number of carbonyl (C=O) groups is 1. The molecule has 0 heterocycles. The first kappa shape index (κ1) is 13.2. The van der Waals surface area contributed by atoms with E-state index in [4.69, 9.17) is 5.26 Å². The molecule has 0 unspecified atom stereocenters. The van der Waals surface area contributed by atoms with Crippen LogP contribution in [0.4, 0.5) is 0 Å². The van der Waals surface area contributed by atoms with Crippen molar-refractivity contribution in [3.8, 4) is 6.07 Å². The maximum atomic E-state index is 11.6. The highest BCUT2D eigenvalue weighted by molar-refractivity contribution is 5.81. The largest absolute Gasteiger partial charge is 0.299 e. The average molecular weight is 221 g/mol. The Labute approximate surface area is 99.0 Å². The predicted octanol–water partition coefficient (Wildman–Crippen LogP) is 3.86. The van der Waals surface area contributed by atoms with E-state index in [-0.39, 0.29) is 19.6 Å². The lowest BCUT2D eigenvalue weighted by Gasteiger charge is -2.45. The van der Waals surface area contributed by atoms with Gasteiger partial charge in [0.1, 0.15) is 5.78 Å². The van der Waals surface area contributed by atoms with Gasteiger partial charge in [-0.15, -0.1) is 0 Å². The summed E-state index contributed by atoms with van der Waals surface area (Å²) in [6.07, 6.45) is 9.83. The van der Waals surface area contributed by atoms with Gasteiger partial charge in [-0.05, 0) is 30.6 Å². The monoisotopic (exact) mass is 221 g/mol. The minimum Gasteiger partial charge on any atom is -0.299 e. The molecule has 0 saturated heterocycles. The quantitative estimate of drug-likeness (QED) is 0.726. The minimum absolute atomic E-state index is 0. The van der Waals surface area contributed by atoms with Crippen LogP contribution in [0.15, 0.2) is 0 Å². The van der Waals surface area contributed by atoms with Gasteiger partial charge in [0.25, 0.3) is 0 Å². The van der Waals surface area contributed by atoms with Gasteiger partial charge in [0.2, 0.25) is 0 Å². The lowest BCUT2D eigenvalue weighted by Crippen LogP contribution is -2.34. The molecule has 2 bridgehead atoms. The molecular formula is C14H23NO. The van der Waals surface area contributed by atoms with Gasteiger partial charge >= 0.3 is 0 Å². The highest BCUT2D eigenvalue weighted by atomic mass is 16.1. The van der Waals surface area contributed by atoms with E-state index in [1.54, 1.807) is 0 Å². The van der Waals surface area contributed by atoms with Crippen LogP contribution in [-0.2, 0) is 4.79 Å². The Bertz CT molecular complexity index is 280. The zero-order valence-electron chi connectivity index (χ0n) is 9.30. The van der Waals surface area contributed by atoms with Crippen LogP contribution in [0.5, 0.6) is 0 Å². The van der Waals surface area contributed by atoms with Crippen LogP contribution < -0.4 is 0 Å². The van der Waals surface area contributed by atoms with Gasteiger partial charge < -0.3 is 0 Å². The molecule has 0 aromatic heterocycles. The number of ketones is 1. The first-order chi connectivity index (χ1) is 7.24. The summed E-state index contributed by atoms with van der Waals surface area (Å²) in [6, 6.07) is 1.98. The summed E-state index contributed by atoms with van der Waals surface area (Å²) < 4.78 is 0. The molecule has 2 rings (SSSR count). The van der Waals surface area contributed by atoms with Gasteiger partial charge in [0, 0.05) is 6.42 Å². The number of rotatable bonds is 3. The Kier molecular flexibility index (Phi) is 4.53. The number of hydrogen-bond donors (Lipinski definition) is 0. The second-order valence-corrected chi connectivity index (χ2v) is 5.40. The number of nitrogens with zero attached hydrogens (tertiary/aromatic N) is 1. The Hall–Kier alpha value is -0.840. The van der Waals surface area contributed by atoms with Gasteiger partial charge in [-0.2, -0.15) is 5.26 Å². The maximum Gasteiger partial charge on any atom is 0.147 e. The van der Waals surface area contributed by atoms with E-state index >= 15 is 0 Å². The summed E-state index contributed by atoms with van der Waals surface area (Å²) in [5, 5.41) is 8.52. The van der Waals surface area contributed by atoms with Crippen molar-refractivity contribution >= 4 is 5.78 Å². The van der Waals surface area contributed by atoms with Crippen molar-refractivity contribution in [2.45, 2.75) is 65.2 Å². The summed E-state index contributed by atoms with van der Waals surface area (Å²) >= 11 is 0. The van der Waals surface area contributed by atoms with E-state index < -0.39 is 0 Å². The summed E-state index contributed by atoms with van der Waals surface area (Å²) in [5.74, 6) is 1.04. The van der Waals surface area contributed by atoms with Crippen molar-refractivity contribution in [2.75, 3.05) is 0 Å². The molecule has 2 saturated carbocycles. The first-order valence-electron chi connectivity index (χ1n) is 6.13. The van der Waals surface area contributed by atoms with Gasteiger partial charge in [-0.1, -0.05) is 33.1 Å². The summed E-state index contributed by atoms with van der Waals surface area (Å²) in [6.45, 7) is 0. The van der Waals surface area contributed by atoms with Crippen LogP contribution in [-0.4, -0.2) is 5.78 Å². The van der Waals surface area contributed by atoms with Gasteiger partial charge in [-0.3, -0.25) is 4.79 Å². The zero-order chi connectivity index (χ0) is 10.7. The van der Waals surface area contributed by atoms with Gasteiger partial charge in [-0.25, -0.2) is 0 Å². The van der Waals surface area contributed by atoms with E-state index in [2.05, 4.69) is 0 Å². The maximum absolute atomic E-state index is 11.6.